The van der Waals surface area contributed by atoms with Crippen molar-refractivity contribution in [2.75, 3.05) is 20.3 Å². The number of sulfonamides is 1. The first-order valence-corrected chi connectivity index (χ1v) is 12.3. The van der Waals surface area contributed by atoms with Gasteiger partial charge in [-0.2, -0.15) is 5.10 Å². The first-order chi connectivity index (χ1) is 15.9. The third-order valence-corrected chi connectivity index (χ3v) is 6.50. The normalized spacial score (nSPS) is 12.6. The molecule has 0 spiro atoms. The molecule has 2 aromatic rings. The average Bonchev–Trinajstić information content (AvgIpc) is 3.10. The fourth-order valence-corrected chi connectivity index (χ4v) is 4.11. The van der Waals surface area contributed by atoms with Gasteiger partial charge in [0, 0.05) is 37.4 Å². The van der Waals surface area contributed by atoms with Crippen LogP contribution in [0.2, 0.25) is 0 Å². The molecule has 1 unspecified atom stereocenters. The highest BCUT2D eigenvalue weighted by molar-refractivity contribution is 7.89. The quantitative estimate of drug-likeness (QED) is 0.258. The van der Waals surface area contributed by atoms with Gasteiger partial charge >= 0.3 is 0 Å². The number of amides is 1. The number of benzene rings is 1. The third-order valence-electron chi connectivity index (χ3n) is 5.02. The van der Waals surface area contributed by atoms with Crippen LogP contribution in [-0.2, 0) is 14.8 Å². The van der Waals surface area contributed by atoms with Gasteiger partial charge in [-0.3, -0.25) is 14.9 Å². The molecule has 0 fully saturated rings. The number of ether oxygens (including phenoxy) is 2. The van der Waals surface area contributed by atoms with Crippen molar-refractivity contribution < 1.29 is 27.6 Å². The molecule has 1 aromatic heterocycles. The van der Waals surface area contributed by atoms with Gasteiger partial charge < -0.3 is 14.8 Å². The Morgan fingerprint density at radius 3 is 2.53 bits per heavy atom. The van der Waals surface area contributed by atoms with E-state index in [2.05, 4.69) is 15.1 Å². The maximum absolute atomic E-state index is 12.9. The zero-order valence-corrected chi connectivity index (χ0v) is 20.9. The number of aromatic nitrogens is 2. The van der Waals surface area contributed by atoms with Gasteiger partial charge in [0.05, 0.1) is 17.6 Å². The number of rotatable bonds is 12. The molecule has 13 heteroatoms. The minimum absolute atomic E-state index is 0.0378. The van der Waals surface area contributed by atoms with E-state index in [1.807, 2.05) is 27.7 Å². The molecule has 1 atom stereocenters. The van der Waals surface area contributed by atoms with E-state index in [1.165, 1.54) is 17.9 Å². The molecule has 2 N–H and O–H groups in total. The highest BCUT2D eigenvalue weighted by Crippen LogP contribution is 2.35. The maximum atomic E-state index is 12.9. The topological polar surface area (TPSA) is 155 Å². The summed E-state index contributed by atoms with van der Waals surface area (Å²) < 4.78 is 40.4. The molecular formula is C21H31N5O7S. The third kappa shape index (κ3) is 6.30. The van der Waals surface area contributed by atoms with Crippen LogP contribution in [0.15, 0.2) is 23.1 Å². The van der Waals surface area contributed by atoms with E-state index in [4.69, 9.17) is 9.47 Å². The summed E-state index contributed by atoms with van der Waals surface area (Å²) in [6, 6.07) is 2.98. The van der Waals surface area contributed by atoms with Crippen LogP contribution in [0.25, 0.3) is 0 Å². The molecule has 0 bridgehead atoms. The second-order valence-corrected chi connectivity index (χ2v) is 9.72. The molecule has 1 heterocycles. The van der Waals surface area contributed by atoms with E-state index >= 15 is 0 Å². The monoisotopic (exact) mass is 497 g/mol. The fraction of sp³-hybridized carbons (Fsp3) is 0.524. The van der Waals surface area contributed by atoms with Crippen LogP contribution < -0.4 is 14.8 Å². The van der Waals surface area contributed by atoms with Crippen molar-refractivity contribution in [2.24, 2.45) is 0 Å². The lowest BCUT2D eigenvalue weighted by molar-refractivity contribution is -0.385. The summed E-state index contributed by atoms with van der Waals surface area (Å²) in [5.41, 5.74) is 0.138. The van der Waals surface area contributed by atoms with Crippen LogP contribution in [0.1, 0.15) is 56.2 Å². The standard InChI is InChI=1S/C21H31N5O7S/c1-7-14(4)23-20(27)19-15(5)21(25(24-19)13(2)3)33-17-9-8-16(26(28)29)12-18(17)34(30,31)22-10-11-32-6/h8-9,12-14,22H,7,10-11H2,1-6H3,(H,23,27). The van der Waals surface area contributed by atoms with Crippen molar-refractivity contribution in [1.29, 1.82) is 0 Å². The molecule has 1 amide bonds. The molecule has 0 aliphatic carbocycles. The lowest BCUT2D eigenvalue weighted by Gasteiger charge is -2.15. The predicted molar refractivity (Wildman–Crippen MR) is 125 cm³/mol. The maximum Gasteiger partial charge on any atom is 0.272 e. The van der Waals surface area contributed by atoms with E-state index in [9.17, 15) is 23.3 Å². The fourth-order valence-electron chi connectivity index (χ4n) is 2.95. The first kappa shape index (κ1) is 27.2. The SMILES string of the molecule is CCC(C)NC(=O)c1nn(C(C)C)c(Oc2ccc([N+](=O)[O-])cc2S(=O)(=O)NCCOC)c1C. The highest BCUT2D eigenvalue weighted by Gasteiger charge is 2.28. The number of carbonyl (C=O) groups is 1. The lowest BCUT2D eigenvalue weighted by atomic mass is 10.2. The van der Waals surface area contributed by atoms with Gasteiger partial charge in [0.2, 0.25) is 15.9 Å². The van der Waals surface area contributed by atoms with Gasteiger partial charge in [-0.15, -0.1) is 0 Å². The van der Waals surface area contributed by atoms with Crippen molar-refractivity contribution >= 4 is 21.6 Å². The molecule has 0 aliphatic rings. The van der Waals surface area contributed by atoms with Crippen LogP contribution in [0.4, 0.5) is 5.69 Å². The van der Waals surface area contributed by atoms with Crippen molar-refractivity contribution in [1.82, 2.24) is 19.8 Å². The van der Waals surface area contributed by atoms with Crippen molar-refractivity contribution in [3.05, 3.63) is 39.6 Å². The Morgan fingerprint density at radius 2 is 1.97 bits per heavy atom. The second kappa shape index (κ2) is 11.4. The minimum Gasteiger partial charge on any atom is -0.438 e. The average molecular weight is 498 g/mol. The van der Waals surface area contributed by atoms with Crippen LogP contribution in [0.3, 0.4) is 0 Å². The predicted octanol–water partition coefficient (Wildman–Crippen LogP) is 2.93. The first-order valence-electron chi connectivity index (χ1n) is 10.8. The Labute approximate surface area is 198 Å². The van der Waals surface area contributed by atoms with E-state index in [0.29, 0.717) is 5.56 Å². The number of non-ortho nitro benzene ring substituents is 1. The molecule has 34 heavy (non-hydrogen) atoms. The Morgan fingerprint density at radius 1 is 1.29 bits per heavy atom. The number of methoxy groups -OCH3 is 1. The van der Waals surface area contributed by atoms with E-state index in [-0.39, 0.29) is 48.5 Å². The summed E-state index contributed by atoms with van der Waals surface area (Å²) in [5, 5.41) is 18.5. The van der Waals surface area contributed by atoms with Gasteiger partial charge in [0.15, 0.2) is 5.69 Å². The van der Waals surface area contributed by atoms with Crippen molar-refractivity contribution in [3.8, 4) is 11.6 Å². The molecule has 2 rings (SSSR count). The van der Waals surface area contributed by atoms with Crippen molar-refractivity contribution in [3.63, 3.8) is 0 Å². The van der Waals surface area contributed by atoms with E-state index in [0.717, 1.165) is 18.6 Å². The second-order valence-electron chi connectivity index (χ2n) is 7.98. The van der Waals surface area contributed by atoms with Gasteiger partial charge in [0.1, 0.15) is 10.6 Å². The van der Waals surface area contributed by atoms with Crippen LogP contribution >= 0.6 is 0 Å². The zero-order valence-electron chi connectivity index (χ0n) is 20.1. The number of hydrogen-bond donors (Lipinski definition) is 2. The molecule has 188 valence electrons. The Hall–Kier alpha value is -3.03. The van der Waals surface area contributed by atoms with Crippen molar-refractivity contribution in [2.45, 2.75) is 58.0 Å². The summed E-state index contributed by atoms with van der Waals surface area (Å²) in [5.74, 6) is -0.366. The van der Waals surface area contributed by atoms with Crippen LogP contribution in [0, 0.1) is 17.0 Å². The summed E-state index contributed by atoms with van der Waals surface area (Å²) in [6.45, 7) is 9.18. The van der Waals surface area contributed by atoms with Gasteiger partial charge in [-0.25, -0.2) is 17.8 Å². The highest BCUT2D eigenvalue weighted by atomic mass is 32.2. The Bertz CT molecular complexity index is 1140. The summed E-state index contributed by atoms with van der Waals surface area (Å²) in [6.07, 6.45) is 0.735. The lowest BCUT2D eigenvalue weighted by Crippen LogP contribution is -2.32. The Balaban J connectivity index is 2.57. The molecule has 0 aliphatic heterocycles. The molecule has 1 aromatic carbocycles. The molecular weight excluding hydrogens is 466 g/mol. The summed E-state index contributed by atoms with van der Waals surface area (Å²) in [7, 11) is -2.76. The van der Waals surface area contributed by atoms with Crippen LogP contribution in [0.5, 0.6) is 11.6 Å². The number of nitrogens with zero attached hydrogens (tertiary/aromatic N) is 3. The molecule has 0 saturated carbocycles. The largest absolute Gasteiger partial charge is 0.438 e. The van der Waals surface area contributed by atoms with Gasteiger partial charge in [-0.05, 0) is 40.2 Å². The molecule has 12 nitrogen and oxygen atoms in total. The summed E-state index contributed by atoms with van der Waals surface area (Å²) >= 11 is 0. The number of nitrogens with one attached hydrogen (secondary N) is 2. The molecule has 0 radical (unpaired) electrons. The number of carbonyl (C=O) groups excluding carboxylic acids is 1. The molecule has 0 saturated heterocycles. The van der Waals surface area contributed by atoms with Crippen LogP contribution in [-0.4, -0.2) is 55.3 Å². The number of nitro benzene ring substituents is 1. The smallest absolute Gasteiger partial charge is 0.272 e. The van der Waals surface area contributed by atoms with Gasteiger partial charge in [0.25, 0.3) is 11.6 Å². The van der Waals surface area contributed by atoms with E-state index < -0.39 is 25.5 Å². The zero-order chi connectivity index (χ0) is 25.6. The number of hydrogen-bond acceptors (Lipinski definition) is 8. The van der Waals surface area contributed by atoms with Gasteiger partial charge in [-0.1, -0.05) is 6.92 Å². The van der Waals surface area contributed by atoms with E-state index in [1.54, 1.807) is 6.92 Å². The number of nitro groups is 1. The summed E-state index contributed by atoms with van der Waals surface area (Å²) in [4.78, 5) is 22.9. The minimum atomic E-state index is -4.18. The Kier molecular flexibility index (Phi) is 9.13.